The molecule has 1 heterocycles. The molecule has 34 heavy (non-hydrogen) atoms. The number of anilines is 2. The van der Waals surface area contributed by atoms with Gasteiger partial charge < -0.3 is 5.32 Å². The van der Waals surface area contributed by atoms with Crippen LogP contribution >= 0.6 is 0 Å². The van der Waals surface area contributed by atoms with Crippen LogP contribution in [-0.4, -0.2) is 39.3 Å². The van der Waals surface area contributed by atoms with Gasteiger partial charge in [-0.25, -0.2) is 4.79 Å². The number of carbonyl (C=O) groups excluding carboxylic acids is 4. The van der Waals surface area contributed by atoms with Gasteiger partial charge >= 0.3 is 11.7 Å². The van der Waals surface area contributed by atoms with Gasteiger partial charge in [-0.05, 0) is 25.1 Å². The number of hydrogen-bond acceptors (Lipinski definition) is 10. The van der Waals surface area contributed by atoms with Crippen molar-refractivity contribution in [3.63, 3.8) is 0 Å². The summed E-state index contributed by atoms with van der Waals surface area (Å²) in [4.78, 5) is 69.4. The van der Waals surface area contributed by atoms with E-state index in [1.807, 2.05) is 17.6 Å². The third kappa shape index (κ3) is 5.16. The zero-order chi connectivity index (χ0) is 25.0. The van der Waals surface area contributed by atoms with Crippen LogP contribution in [0.1, 0.15) is 5.56 Å². The number of benzene rings is 2. The van der Waals surface area contributed by atoms with Crippen LogP contribution in [0.5, 0.6) is 0 Å². The molecule has 15 nitrogen and oxygen atoms in total. The second-order valence-corrected chi connectivity index (χ2v) is 6.89. The molecule has 3 rings (SSSR count). The van der Waals surface area contributed by atoms with Crippen LogP contribution in [0.4, 0.5) is 27.5 Å². The molecule has 0 saturated carbocycles. The number of rotatable bonds is 7. The van der Waals surface area contributed by atoms with Crippen LogP contribution in [-0.2, 0) is 14.4 Å². The second kappa shape index (κ2) is 9.51. The number of barbiturate groups is 1. The van der Waals surface area contributed by atoms with E-state index in [9.17, 15) is 39.4 Å². The van der Waals surface area contributed by atoms with Gasteiger partial charge in [-0.2, -0.15) is 5.10 Å². The van der Waals surface area contributed by atoms with Crippen molar-refractivity contribution in [3.8, 4) is 0 Å². The molecule has 1 aliphatic rings. The van der Waals surface area contributed by atoms with Gasteiger partial charge in [0.1, 0.15) is 11.4 Å². The Balaban J connectivity index is 2.00. The molecule has 174 valence electrons. The fraction of sp³-hybridized carbons (Fsp3) is 0.105. The highest BCUT2D eigenvalue weighted by molar-refractivity contribution is 6.51. The molecule has 0 unspecified atom stereocenters. The van der Waals surface area contributed by atoms with Crippen LogP contribution < -0.4 is 21.4 Å². The number of imide groups is 2. The molecule has 0 bridgehead atoms. The monoisotopic (exact) mass is 469 g/mol. The molecular weight excluding hydrogens is 454 g/mol. The average Bonchev–Trinajstić information content (AvgIpc) is 2.76. The minimum atomic E-state index is -1.88. The Kier molecular flexibility index (Phi) is 6.56. The molecule has 0 aliphatic carbocycles. The van der Waals surface area contributed by atoms with Gasteiger partial charge in [0.25, 0.3) is 11.6 Å². The molecule has 0 radical (unpaired) electrons. The first-order valence-electron chi connectivity index (χ1n) is 9.37. The number of non-ortho nitro benzene ring substituents is 1. The number of urea groups is 1. The van der Waals surface area contributed by atoms with Crippen LogP contribution in [0.25, 0.3) is 0 Å². The Bertz CT molecular complexity index is 1240. The zero-order valence-electron chi connectivity index (χ0n) is 17.2. The number of carbonyl (C=O) groups is 4. The standard InChI is InChI=1S/C19H15N7O8/c1-9-2-4-10(5-3-9)20-18(29)15(14-16(27)21-19(30)22-17(14)28)24-23-12-7-6-11(25(31)32)8-13(12)26(33)34/h2-8,14,23H,1H3,(H,20,29)(H2,21,22,27,28,30)/b24-15-. The summed E-state index contributed by atoms with van der Waals surface area (Å²) >= 11 is 0. The Morgan fingerprint density at radius 2 is 1.59 bits per heavy atom. The molecule has 15 heteroatoms. The molecular formula is C19H15N7O8. The van der Waals surface area contributed by atoms with E-state index in [-0.39, 0.29) is 11.4 Å². The maximum Gasteiger partial charge on any atom is 0.328 e. The topological polar surface area (TPSA) is 215 Å². The summed E-state index contributed by atoms with van der Waals surface area (Å²) in [6.07, 6.45) is 0. The summed E-state index contributed by atoms with van der Waals surface area (Å²) in [6, 6.07) is 7.96. The molecule has 4 N–H and O–H groups in total. The van der Waals surface area contributed by atoms with Crippen molar-refractivity contribution in [1.82, 2.24) is 10.6 Å². The summed E-state index contributed by atoms with van der Waals surface area (Å²) in [5, 5.41) is 32.1. The van der Waals surface area contributed by atoms with Crippen molar-refractivity contribution in [1.29, 1.82) is 0 Å². The number of hydrazone groups is 1. The average molecular weight is 469 g/mol. The molecule has 1 aliphatic heterocycles. The summed E-state index contributed by atoms with van der Waals surface area (Å²) in [5.74, 6) is -5.20. The van der Waals surface area contributed by atoms with Gasteiger partial charge in [-0.3, -0.25) is 50.7 Å². The summed E-state index contributed by atoms with van der Waals surface area (Å²) in [7, 11) is 0. The number of aryl methyl sites for hydroxylation is 1. The Labute approximate surface area is 189 Å². The molecule has 0 aromatic heterocycles. The van der Waals surface area contributed by atoms with Crippen LogP contribution in [0.2, 0.25) is 0 Å². The number of nitrogens with one attached hydrogen (secondary N) is 4. The molecule has 2 aromatic rings. The number of nitro groups is 2. The smallest absolute Gasteiger partial charge is 0.321 e. The fourth-order valence-corrected chi connectivity index (χ4v) is 2.84. The van der Waals surface area contributed by atoms with Crippen molar-refractivity contribution in [2.75, 3.05) is 10.7 Å². The van der Waals surface area contributed by atoms with Crippen molar-refractivity contribution in [2.24, 2.45) is 11.0 Å². The lowest BCUT2D eigenvalue weighted by Gasteiger charge is -2.21. The number of amides is 5. The maximum atomic E-state index is 12.9. The highest BCUT2D eigenvalue weighted by Gasteiger charge is 2.41. The van der Waals surface area contributed by atoms with Gasteiger partial charge in [-0.1, -0.05) is 17.7 Å². The Morgan fingerprint density at radius 1 is 0.971 bits per heavy atom. The van der Waals surface area contributed by atoms with Crippen LogP contribution in [0.3, 0.4) is 0 Å². The van der Waals surface area contributed by atoms with Gasteiger partial charge in [0.05, 0.1) is 15.9 Å². The molecule has 0 atom stereocenters. The molecule has 1 saturated heterocycles. The minimum Gasteiger partial charge on any atom is -0.321 e. The summed E-state index contributed by atoms with van der Waals surface area (Å²) < 4.78 is 0. The van der Waals surface area contributed by atoms with Gasteiger partial charge in [0.2, 0.25) is 11.8 Å². The summed E-state index contributed by atoms with van der Waals surface area (Å²) in [6.45, 7) is 1.81. The predicted molar refractivity (Wildman–Crippen MR) is 116 cm³/mol. The SMILES string of the molecule is Cc1ccc(NC(=O)/C(=N\Nc2ccc([N+](=O)[O-])cc2[N+](=O)[O-])C2C(=O)NC(=O)NC2=O)cc1. The molecule has 2 aromatic carbocycles. The normalized spacial score (nSPS) is 14.1. The highest BCUT2D eigenvalue weighted by atomic mass is 16.6. The Hall–Kier alpha value is -5.21. The third-order valence-corrected chi connectivity index (χ3v) is 4.50. The van der Waals surface area contributed by atoms with E-state index in [1.165, 1.54) is 0 Å². The van der Waals surface area contributed by atoms with E-state index in [0.717, 1.165) is 17.7 Å². The lowest BCUT2D eigenvalue weighted by atomic mass is 9.99. The number of nitro benzene ring substituents is 2. The zero-order valence-corrected chi connectivity index (χ0v) is 17.2. The lowest BCUT2D eigenvalue weighted by molar-refractivity contribution is -0.393. The first-order chi connectivity index (χ1) is 16.1. The molecule has 5 amide bonds. The van der Waals surface area contributed by atoms with E-state index < -0.39 is 56.6 Å². The number of nitrogens with zero attached hydrogens (tertiary/aromatic N) is 3. The van der Waals surface area contributed by atoms with Crippen molar-refractivity contribution < 1.29 is 29.0 Å². The predicted octanol–water partition coefficient (Wildman–Crippen LogP) is 1.20. The van der Waals surface area contributed by atoms with Crippen molar-refractivity contribution in [3.05, 3.63) is 68.3 Å². The second-order valence-electron chi connectivity index (χ2n) is 6.89. The molecule has 1 fully saturated rings. The number of hydrogen-bond donors (Lipinski definition) is 4. The minimum absolute atomic E-state index is 0.289. The molecule has 0 spiro atoms. The third-order valence-electron chi connectivity index (χ3n) is 4.50. The van der Waals surface area contributed by atoms with Crippen LogP contribution in [0, 0.1) is 33.1 Å². The van der Waals surface area contributed by atoms with Crippen molar-refractivity contribution >= 4 is 52.2 Å². The van der Waals surface area contributed by atoms with Gasteiger partial charge in [0.15, 0.2) is 5.92 Å². The quantitative estimate of drug-likeness (QED) is 0.198. The maximum absolute atomic E-state index is 12.9. The first-order valence-corrected chi connectivity index (χ1v) is 9.37. The van der Waals surface area contributed by atoms with Gasteiger partial charge in [0, 0.05) is 11.8 Å². The first kappa shape index (κ1) is 23.5. The van der Waals surface area contributed by atoms with E-state index in [2.05, 4.69) is 15.8 Å². The highest BCUT2D eigenvalue weighted by Crippen LogP contribution is 2.29. The Morgan fingerprint density at radius 3 is 2.15 bits per heavy atom. The van der Waals surface area contributed by atoms with E-state index in [0.29, 0.717) is 6.07 Å². The van der Waals surface area contributed by atoms with Crippen LogP contribution in [0.15, 0.2) is 47.6 Å². The van der Waals surface area contributed by atoms with Gasteiger partial charge in [-0.15, -0.1) is 0 Å². The fourth-order valence-electron chi connectivity index (χ4n) is 2.84. The largest absolute Gasteiger partial charge is 0.328 e. The van der Waals surface area contributed by atoms with E-state index >= 15 is 0 Å². The summed E-state index contributed by atoms with van der Waals surface area (Å²) in [5.41, 5.74) is 0.989. The van der Waals surface area contributed by atoms with E-state index in [4.69, 9.17) is 0 Å². The van der Waals surface area contributed by atoms with E-state index in [1.54, 1.807) is 24.3 Å². The lowest BCUT2D eigenvalue weighted by Crippen LogP contribution is -2.59. The van der Waals surface area contributed by atoms with Crippen molar-refractivity contribution in [2.45, 2.75) is 6.92 Å².